The van der Waals surface area contributed by atoms with E-state index in [9.17, 15) is 14.7 Å². The molecule has 114 valence electrons. The molecule has 0 aliphatic heterocycles. The molecule has 0 amide bonds. The quantitative estimate of drug-likeness (QED) is 0.646. The van der Waals surface area contributed by atoms with Crippen molar-refractivity contribution in [2.24, 2.45) is 11.1 Å². The van der Waals surface area contributed by atoms with Gasteiger partial charge in [-0.3, -0.25) is 9.59 Å². The topological polar surface area (TPSA) is 89.6 Å². The first-order valence-corrected chi connectivity index (χ1v) is 7.02. The number of benzene rings is 1. The normalized spacial score (nSPS) is 24.3. The predicted octanol–water partition coefficient (Wildman–Crippen LogP) is 1.38. The molecule has 0 heterocycles. The van der Waals surface area contributed by atoms with Crippen LogP contribution in [0.25, 0.3) is 0 Å². The van der Waals surface area contributed by atoms with Crippen molar-refractivity contribution in [3.8, 4) is 0 Å². The molecule has 5 heteroatoms. The summed E-state index contributed by atoms with van der Waals surface area (Å²) in [5, 5.41) is 10.7. The minimum Gasteiger partial charge on any atom is -0.469 e. The van der Waals surface area contributed by atoms with E-state index in [0.717, 1.165) is 12.0 Å². The monoisotopic (exact) mass is 291 g/mol. The van der Waals surface area contributed by atoms with Crippen LogP contribution in [0.5, 0.6) is 0 Å². The molecule has 0 saturated heterocycles. The van der Waals surface area contributed by atoms with E-state index in [-0.39, 0.29) is 24.7 Å². The molecule has 0 fully saturated rings. The zero-order chi connectivity index (χ0) is 15.6. The maximum absolute atomic E-state index is 11.6. The van der Waals surface area contributed by atoms with E-state index in [1.807, 2.05) is 6.07 Å². The largest absolute Gasteiger partial charge is 0.469 e. The summed E-state index contributed by atoms with van der Waals surface area (Å²) in [6.45, 7) is 1.68. The zero-order valence-corrected chi connectivity index (χ0v) is 12.4. The Balaban J connectivity index is 2.41. The van der Waals surface area contributed by atoms with Crippen LogP contribution in [0.15, 0.2) is 18.2 Å². The van der Waals surface area contributed by atoms with Gasteiger partial charge in [-0.25, -0.2) is 0 Å². The summed E-state index contributed by atoms with van der Waals surface area (Å²) >= 11 is 0. The SMILES string of the molecule is COC(=O)CC1(CN)CCc2ccc(C(C)=O)cc2C1O. The van der Waals surface area contributed by atoms with E-state index in [1.165, 1.54) is 14.0 Å². The highest BCUT2D eigenvalue weighted by atomic mass is 16.5. The van der Waals surface area contributed by atoms with E-state index >= 15 is 0 Å². The average Bonchev–Trinajstić information content (AvgIpc) is 2.49. The molecule has 0 saturated carbocycles. The number of hydrogen-bond donors (Lipinski definition) is 2. The second kappa shape index (κ2) is 5.95. The average molecular weight is 291 g/mol. The third-order valence-electron chi connectivity index (χ3n) is 4.45. The van der Waals surface area contributed by atoms with Crippen molar-refractivity contribution in [1.29, 1.82) is 0 Å². The highest BCUT2D eigenvalue weighted by Gasteiger charge is 2.43. The van der Waals surface area contributed by atoms with Gasteiger partial charge in [0, 0.05) is 17.5 Å². The molecule has 21 heavy (non-hydrogen) atoms. The number of aliphatic hydroxyl groups excluding tert-OH is 1. The van der Waals surface area contributed by atoms with Crippen molar-refractivity contribution >= 4 is 11.8 Å². The molecule has 1 aliphatic rings. The Morgan fingerprint density at radius 2 is 2.19 bits per heavy atom. The molecule has 1 aliphatic carbocycles. The van der Waals surface area contributed by atoms with Gasteiger partial charge in [-0.05, 0) is 37.0 Å². The molecular formula is C16H21NO4. The Morgan fingerprint density at radius 3 is 2.76 bits per heavy atom. The number of methoxy groups -OCH3 is 1. The standard InChI is InChI=1S/C16H21NO4/c1-10(18)12-4-3-11-5-6-16(9-17,8-14(19)21-2)15(20)13(11)7-12/h3-4,7,15,20H,5-6,8-9,17H2,1-2H3. The summed E-state index contributed by atoms with van der Waals surface area (Å²) in [6, 6.07) is 5.35. The van der Waals surface area contributed by atoms with Crippen molar-refractivity contribution in [3.05, 3.63) is 34.9 Å². The number of aliphatic hydroxyl groups is 1. The van der Waals surface area contributed by atoms with Gasteiger partial charge < -0.3 is 15.6 Å². The molecule has 1 aromatic carbocycles. The Kier molecular flexibility index (Phi) is 4.44. The van der Waals surface area contributed by atoms with E-state index in [0.29, 0.717) is 17.5 Å². The number of carbonyl (C=O) groups is 2. The van der Waals surface area contributed by atoms with Crippen LogP contribution in [0.3, 0.4) is 0 Å². The molecule has 5 nitrogen and oxygen atoms in total. The van der Waals surface area contributed by atoms with Crippen LogP contribution < -0.4 is 5.73 Å². The summed E-state index contributed by atoms with van der Waals surface area (Å²) in [4.78, 5) is 23.1. The smallest absolute Gasteiger partial charge is 0.306 e. The van der Waals surface area contributed by atoms with Gasteiger partial charge in [0.05, 0.1) is 19.6 Å². The van der Waals surface area contributed by atoms with Crippen LogP contribution in [0.4, 0.5) is 0 Å². The van der Waals surface area contributed by atoms with Gasteiger partial charge in [-0.2, -0.15) is 0 Å². The molecule has 2 unspecified atom stereocenters. The highest BCUT2D eigenvalue weighted by molar-refractivity contribution is 5.94. The lowest BCUT2D eigenvalue weighted by Gasteiger charge is -2.41. The fraction of sp³-hybridized carbons (Fsp3) is 0.500. The summed E-state index contributed by atoms with van der Waals surface area (Å²) in [5.41, 5.74) is 7.38. The summed E-state index contributed by atoms with van der Waals surface area (Å²) in [6.07, 6.45) is 0.542. The van der Waals surface area contributed by atoms with Gasteiger partial charge in [0.15, 0.2) is 5.78 Å². The second-order valence-corrected chi connectivity index (χ2v) is 5.69. The first kappa shape index (κ1) is 15.7. The lowest BCUT2D eigenvalue weighted by Crippen LogP contribution is -2.42. The highest BCUT2D eigenvalue weighted by Crippen LogP contribution is 2.46. The Hall–Kier alpha value is -1.72. The fourth-order valence-corrected chi connectivity index (χ4v) is 2.98. The number of nitrogens with two attached hydrogens (primary N) is 1. The Labute approximate surface area is 124 Å². The number of ether oxygens (including phenoxy) is 1. The van der Waals surface area contributed by atoms with E-state index in [2.05, 4.69) is 0 Å². The number of fused-ring (bicyclic) bond motifs is 1. The van der Waals surface area contributed by atoms with Crippen LogP contribution in [0, 0.1) is 5.41 Å². The number of rotatable bonds is 4. The van der Waals surface area contributed by atoms with Gasteiger partial charge in [0.1, 0.15) is 0 Å². The van der Waals surface area contributed by atoms with E-state index in [1.54, 1.807) is 12.1 Å². The van der Waals surface area contributed by atoms with E-state index < -0.39 is 11.5 Å². The molecule has 2 rings (SSSR count). The fourth-order valence-electron chi connectivity index (χ4n) is 2.98. The van der Waals surface area contributed by atoms with Crippen LogP contribution >= 0.6 is 0 Å². The summed E-state index contributed by atoms with van der Waals surface area (Å²) < 4.78 is 4.72. The van der Waals surface area contributed by atoms with Crippen molar-refractivity contribution in [1.82, 2.24) is 0 Å². The molecule has 1 aromatic rings. The minimum absolute atomic E-state index is 0.0538. The third-order valence-corrected chi connectivity index (χ3v) is 4.45. The van der Waals surface area contributed by atoms with Crippen LogP contribution in [-0.4, -0.2) is 30.5 Å². The number of aryl methyl sites for hydroxylation is 1. The van der Waals surface area contributed by atoms with Crippen LogP contribution in [-0.2, 0) is 16.0 Å². The van der Waals surface area contributed by atoms with Crippen LogP contribution in [0.1, 0.15) is 47.4 Å². The molecule has 0 spiro atoms. The number of Topliss-reactive ketones (excluding diaryl/α,β-unsaturated/α-hetero) is 1. The maximum atomic E-state index is 11.6. The van der Waals surface area contributed by atoms with Crippen molar-refractivity contribution < 1.29 is 19.4 Å². The van der Waals surface area contributed by atoms with Gasteiger partial charge >= 0.3 is 5.97 Å². The number of carbonyl (C=O) groups excluding carboxylic acids is 2. The number of hydrogen-bond acceptors (Lipinski definition) is 5. The third kappa shape index (κ3) is 2.84. The molecule has 2 atom stereocenters. The Morgan fingerprint density at radius 1 is 1.48 bits per heavy atom. The molecular weight excluding hydrogens is 270 g/mol. The van der Waals surface area contributed by atoms with Crippen LogP contribution in [0.2, 0.25) is 0 Å². The van der Waals surface area contributed by atoms with Gasteiger partial charge in [-0.1, -0.05) is 12.1 Å². The molecule has 0 bridgehead atoms. The lowest BCUT2D eigenvalue weighted by molar-refractivity contribution is -0.146. The van der Waals surface area contributed by atoms with Crippen molar-refractivity contribution in [3.63, 3.8) is 0 Å². The molecule has 3 N–H and O–H groups in total. The predicted molar refractivity (Wildman–Crippen MR) is 77.8 cm³/mol. The first-order valence-electron chi connectivity index (χ1n) is 7.02. The number of esters is 1. The summed E-state index contributed by atoms with van der Waals surface area (Å²) in [7, 11) is 1.32. The van der Waals surface area contributed by atoms with Crippen molar-refractivity contribution in [2.75, 3.05) is 13.7 Å². The van der Waals surface area contributed by atoms with Gasteiger partial charge in [0.2, 0.25) is 0 Å². The Bertz CT molecular complexity index is 569. The van der Waals surface area contributed by atoms with E-state index in [4.69, 9.17) is 10.5 Å². The molecule has 0 radical (unpaired) electrons. The zero-order valence-electron chi connectivity index (χ0n) is 12.4. The maximum Gasteiger partial charge on any atom is 0.306 e. The second-order valence-electron chi connectivity index (χ2n) is 5.69. The first-order chi connectivity index (χ1) is 9.93. The molecule has 0 aromatic heterocycles. The van der Waals surface area contributed by atoms with Gasteiger partial charge in [-0.15, -0.1) is 0 Å². The van der Waals surface area contributed by atoms with Gasteiger partial charge in [0.25, 0.3) is 0 Å². The summed E-state index contributed by atoms with van der Waals surface area (Å²) in [5.74, 6) is -0.437. The minimum atomic E-state index is -0.871. The van der Waals surface area contributed by atoms with Crippen molar-refractivity contribution in [2.45, 2.75) is 32.3 Å². The lowest BCUT2D eigenvalue weighted by atomic mass is 9.67. The number of ketones is 1.